The first kappa shape index (κ1) is 21.4. The summed E-state index contributed by atoms with van der Waals surface area (Å²) in [5, 5.41) is 0. The third kappa shape index (κ3) is 3.59. The van der Waals surface area contributed by atoms with E-state index in [1.807, 2.05) is 0 Å². The SMILES string of the molecule is CN1/C(=C/C=C/C=C/C=C/C2=[N+](C)C3C=CC=CC3C2(C)C)C(C)(C)c2ccccc21. The maximum absolute atomic E-state index is 2.42. The second-order valence-electron chi connectivity index (χ2n) is 9.89. The second kappa shape index (κ2) is 8.00. The zero-order chi connectivity index (χ0) is 22.2. The maximum atomic E-state index is 2.42. The Labute approximate surface area is 188 Å². The maximum Gasteiger partial charge on any atom is 0.182 e. The number of nitrogens with zero attached hydrogens (tertiary/aromatic N) is 2. The van der Waals surface area contributed by atoms with Gasteiger partial charge in [0, 0.05) is 29.9 Å². The Kier molecular flexibility index (Phi) is 5.51. The summed E-state index contributed by atoms with van der Waals surface area (Å²) >= 11 is 0. The number of hydrogen-bond donors (Lipinski definition) is 0. The lowest BCUT2D eigenvalue weighted by Crippen LogP contribution is -2.30. The molecule has 31 heavy (non-hydrogen) atoms. The summed E-state index contributed by atoms with van der Waals surface area (Å²) in [6.07, 6.45) is 24.2. The molecule has 2 atom stereocenters. The van der Waals surface area contributed by atoms with Crippen molar-refractivity contribution in [3.63, 3.8) is 0 Å². The molecule has 1 aliphatic carbocycles. The first-order valence-electron chi connectivity index (χ1n) is 11.3. The van der Waals surface area contributed by atoms with E-state index in [0.717, 1.165) is 0 Å². The van der Waals surface area contributed by atoms with Crippen LogP contribution < -0.4 is 4.90 Å². The molecule has 2 aliphatic heterocycles. The van der Waals surface area contributed by atoms with Crippen LogP contribution in [0.3, 0.4) is 0 Å². The minimum absolute atomic E-state index is 0.0221. The molecular weight excluding hydrogens is 376 g/mol. The van der Waals surface area contributed by atoms with Gasteiger partial charge in [-0.1, -0.05) is 80.7 Å². The van der Waals surface area contributed by atoms with Crippen molar-refractivity contribution in [3.8, 4) is 0 Å². The van der Waals surface area contributed by atoms with Crippen LogP contribution in [-0.2, 0) is 5.41 Å². The molecule has 0 bridgehead atoms. The topological polar surface area (TPSA) is 6.25 Å². The van der Waals surface area contributed by atoms with E-state index in [9.17, 15) is 0 Å². The van der Waals surface area contributed by atoms with Crippen LogP contribution in [0.25, 0.3) is 0 Å². The Bertz CT molecular complexity index is 1070. The summed E-state index contributed by atoms with van der Waals surface area (Å²) < 4.78 is 2.42. The van der Waals surface area contributed by atoms with Crippen LogP contribution in [0.4, 0.5) is 5.69 Å². The molecule has 4 rings (SSSR count). The molecule has 2 heteroatoms. The lowest BCUT2D eigenvalue weighted by molar-refractivity contribution is -0.521. The van der Waals surface area contributed by atoms with Crippen molar-refractivity contribution < 1.29 is 4.58 Å². The zero-order valence-corrected chi connectivity index (χ0v) is 19.7. The predicted molar refractivity (Wildman–Crippen MR) is 134 cm³/mol. The van der Waals surface area contributed by atoms with Crippen LogP contribution in [-0.4, -0.2) is 30.4 Å². The second-order valence-corrected chi connectivity index (χ2v) is 9.89. The molecule has 2 unspecified atom stereocenters. The fourth-order valence-corrected chi connectivity index (χ4v) is 5.54. The molecule has 1 aromatic carbocycles. The number of fused-ring (bicyclic) bond motifs is 2. The summed E-state index contributed by atoms with van der Waals surface area (Å²) in [5.74, 6) is 0.536. The normalized spacial score (nSPS) is 27.4. The van der Waals surface area contributed by atoms with Crippen LogP contribution in [0.2, 0.25) is 0 Å². The first-order valence-corrected chi connectivity index (χ1v) is 11.3. The van der Waals surface area contributed by atoms with Gasteiger partial charge in [-0.15, -0.1) is 0 Å². The smallest absolute Gasteiger partial charge is 0.182 e. The summed E-state index contributed by atoms with van der Waals surface area (Å²) in [7, 11) is 4.37. The molecule has 0 saturated carbocycles. The van der Waals surface area contributed by atoms with Gasteiger partial charge in [-0.25, -0.2) is 4.58 Å². The Morgan fingerprint density at radius 1 is 0.903 bits per heavy atom. The van der Waals surface area contributed by atoms with Crippen molar-refractivity contribution in [2.45, 2.75) is 39.2 Å². The largest absolute Gasteiger partial charge is 0.347 e. The molecule has 0 spiro atoms. The van der Waals surface area contributed by atoms with E-state index in [1.54, 1.807) is 0 Å². The number of benzene rings is 1. The Morgan fingerprint density at radius 2 is 1.58 bits per heavy atom. The highest BCUT2D eigenvalue weighted by Gasteiger charge is 2.50. The molecule has 0 radical (unpaired) electrons. The van der Waals surface area contributed by atoms with Crippen molar-refractivity contribution >= 4 is 11.4 Å². The highest BCUT2D eigenvalue weighted by atomic mass is 15.2. The highest BCUT2D eigenvalue weighted by molar-refractivity contribution is 5.97. The van der Waals surface area contributed by atoms with Gasteiger partial charge >= 0.3 is 0 Å². The molecule has 0 amide bonds. The van der Waals surface area contributed by atoms with Crippen LogP contribution in [0, 0.1) is 11.3 Å². The standard InChI is InChI=1S/C29H35N2/c1-28(2)22-16-12-14-18-24(22)30(5)26(28)20-10-8-7-9-11-21-27-29(3,4)23-17-13-15-19-25(23)31(27)6/h7-22,24H,1-6H3/q+1. The van der Waals surface area contributed by atoms with E-state index in [0.29, 0.717) is 12.0 Å². The van der Waals surface area contributed by atoms with E-state index in [4.69, 9.17) is 0 Å². The van der Waals surface area contributed by atoms with Gasteiger partial charge in [-0.2, -0.15) is 0 Å². The van der Waals surface area contributed by atoms with Crippen LogP contribution in [0.15, 0.2) is 96.8 Å². The predicted octanol–water partition coefficient (Wildman–Crippen LogP) is 6.20. The van der Waals surface area contributed by atoms with E-state index in [1.165, 1.54) is 22.7 Å². The van der Waals surface area contributed by atoms with Crippen molar-refractivity contribution in [1.29, 1.82) is 0 Å². The van der Waals surface area contributed by atoms with Crippen molar-refractivity contribution in [3.05, 3.63) is 102 Å². The van der Waals surface area contributed by atoms with Crippen LogP contribution in [0.1, 0.15) is 33.3 Å². The fourth-order valence-electron chi connectivity index (χ4n) is 5.54. The molecule has 2 nitrogen and oxygen atoms in total. The van der Waals surface area contributed by atoms with Gasteiger partial charge in [0.05, 0.1) is 11.3 Å². The van der Waals surface area contributed by atoms with Gasteiger partial charge in [-0.3, -0.25) is 0 Å². The van der Waals surface area contributed by atoms with Gasteiger partial charge in [0.2, 0.25) is 0 Å². The van der Waals surface area contributed by atoms with E-state index in [-0.39, 0.29) is 10.8 Å². The monoisotopic (exact) mass is 411 g/mol. The first-order chi connectivity index (χ1) is 14.8. The van der Waals surface area contributed by atoms with Crippen molar-refractivity contribution in [2.24, 2.45) is 11.3 Å². The summed E-state index contributed by atoms with van der Waals surface area (Å²) in [5.41, 5.74) is 5.56. The minimum Gasteiger partial charge on any atom is -0.347 e. The molecule has 160 valence electrons. The number of rotatable bonds is 4. The van der Waals surface area contributed by atoms with Gasteiger partial charge in [0.15, 0.2) is 11.8 Å². The molecule has 0 N–H and O–H groups in total. The third-order valence-electron chi connectivity index (χ3n) is 7.32. The Morgan fingerprint density at radius 3 is 2.32 bits per heavy atom. The Balaban J connectivity index is 1.44. The molecule has 0 fully saturated rings. The van der Waals surface area contributed by atoms with E-state index < -0.39 is 0 Å². The summed E-state index contributed by atoms with van der Waals surface area (Å²) in [4.78, 5) is 2.31. The molecule has 3 aliphatic rings. The number of likely N-dealkylation sites (N-methyl/N-ethyl adjacent to an activating group) is 2. The van der Waals surface area contributed by atoms with Crippen molar-refractivity contribution in [2.75, 3.05) is 19.0 Å². The average molecular weight is 412 g/mol. The van der Waals surface area contributed by atoms with Gasteiger partial charge in [-0.05, 0) is 37.6 Å². The molecular formula is C29H35N2+. The van der Waals surface area contributed by atoms with Crippen LogP contribution in [0.5, 0.6) is 0 Å². The third-order valence-corrected chi connectivity index (χ3v) is 7.32. The number of para-hydroxylation sites is 1. The lowest BCUT2D eigenvalue weighted by atomic mass is 9.73. The highest BCUT2D eigenvalue weighted by Crippen LogP contribution is 2.46. The quantitative estimate of drug-likeness (QED) is 0.422. The molecule has 0 saturated heterocycles. The summed E-state index contributed by atoms with van der Waals surface area (Å²) in [6.45, 7) is 9.30. The fraction of sp³-hybridized carbons (Fsp3) is 0.345. The molecule has 0 aromatic heterocycles. The number of anilines is 1. The zero-order valence-electron chi connectivity index (χ0n) is 19.7. The average Bonchev–Trinajstić information content (AvgIpc) is 3.07. The lowest BCUT2D eigenvalue weighted by Gasteiger charge is -2.23. The van der Waals surface area contributed by atoms with E-state index in [2.05, 4.69) is 142 Å². The number of allylic oxidation sites excluding steroid dienone is 10. The molecule has 2 heterocycles. The van der Waals surface area contributed by atoms with Crippen molar-refractivity contribution in [1.82, 2.24) is 0 Å². The summed E-state index contributed by atoms with van der Waals surface area (Å²) in [6, 6.07) is 9.15. The van der Waals surface area contributed by atoms with Gasteiger partial charge in [0.1, 0.15) is 7.05 Å². The minimum atomic E-state index is 0.0221. The molecule has 1 aromatic rings. The van der Waals surface area contributed by atoms with Gasteiger partial charge < -0.3 is 4.90 Å². The van der Waals surface area contributed by atoms with Gasteiger partial charge in [0.25, 0.3) is 0 Å². The number of hydrogen-bond acceptors (Lipinski definition) is 1. The Hall–Kier alpha value is -2.87. The van der Waals surface area contributed by atoms with Crippen LogP contribution >= 0.6 is 0 Å². The van der Waals surface area contributed by atoms with E-state index >= 15 is 0 Å².